The second-order valence-electron chi connectivity index (χ2n) is 4.07. The summed E-state index contributed by atoms with van der Waals surface area (Å²) in [5.74, 6) is 1.11. The first kappa shape index (κ1) is 12.8. The predicted molar refractivity (Wildman–Crippen MR) is 85.9 cm³/mol. The standard InChI is InChI=1S/C12H11BrN4S2/c1-6-4-8-10(16-12(14)17-11(8)18-6)15-5-7-2-3-9(13)19-7/h2-4H,5H2,1H3,(H3,14,15,16,17). The van der Waals surface area contributed by atoms with Crippen molar-refractivity contribution in [1.29, 1.82) is 0 Å². The van der Waals surface area contributed by atoms with Crippen LogP contribution in [0.15, 0.2) is 22.0 Å². The maximum absolute atomic E-state index is 5.75. The first-order valence-corrected chi connectivity index (χ1v) is 8.06. The number of nitrogens with two attached hydrogens (primary N) is 1. The number of rotatable bonds is 3. The molecule has 0 atom stereocenters. The molecule has 0 saturated heterocycles. The Bertz CT molecular complexity index is 734. The van der Waals surface area contributed by atoms with Crippen molar-refractivity contribution in [3.8, 4) is 0 Å². The first-order chi connectivity index (χ1) is 9.11. The summed E-state index contributed by atoms with van der Waals surface area (Å²) < 4.78 is 1.13. The molecule has 3 N–H and O–H groups in total. The van der Waals surface area contributed by atoms with Crippen LogP contribution in [0.5, 0.6) is 0 Å². The van der Waals surface area contributed by atoms with Crippen molar-refractivity contribution in [2.24, 2.45) is 0 Å². The van der Waals surface area contributed by atoms with Crippen LogP contribution in [0.2, 0.25) is 0 Å². The molecule has 0 aliphatic rings. The van der Waals surface area contributed by atoms with Crippen molar-refractivity contribution in [3.63, 3.8) is 0 Å². The van der Waals surface area contributed by atoms with E-state index in [0.717, 1.165) is 26.4 Å². The molecule has 0 amide bonds. The van der Waals surface area contributed by atoms with Gasteiger partial charge in [0.25, 0.3) is 0 Å². The molecule has 98 valence electrons. The lowest BCUT2D eigenvalue weighted by molar-refractivity contribution is 1.14. The molecule has 0 radical (unpaired) electrons. The summed E-state index contributed by atoms with van der Waals surface area (Å²) in [6, 6.07) is 6.22. The predicted octanol–water partition coefficient (Wildman–Crippen LogP) is 4.02. The third kappa shape index (κ3) is 2.72. The monoisotopic (exact) mass is 354 g/mol. The van der Waals surface area contributed by atoms with Crippen molar-refractivity contribution in [1.82, 2.24) is 9.97 Å². The van der Waals surface area contributed by atoms with Gasteiger partial charge in [0.2, 0.25) is 5.95 Å². The number of hydrogen-bond donors (Lipinski definition) is 2. The van der Waals surface area contributed by atoms with Crippen LogP contribution < -0.4 is 11.1 Å². The lowest BCUT2D eigenvalue weighted by Crippen LogP contribution is -2.03. The number of nitrogens with one attached hydrogen (secondary N) is 1. The fourth-order valence-electron chi connectivity index (χ4n) is 1.81. The molecule has 3 aromatic heterocycles. The highest BCUT2D eigenvalue weighted by Crippen LogP contribution is 2.30. The Hall–Kier alpha value is -1.18. The molecule has 0 aliphatic heterocycles. The third-order valence-electron chi connectivity index (χ3n) is 2.59. The lowest BCUT2D eigenvalue weighted by Gasteiger charge is -2.05. The topological polar surface area (TPSA) is 63.8 Å². The molecule has 4 nitrogen and oxygen atoms in total. The molecule has 3 heterocycles. The van der Waals surface area contributed by atoms with Crippen LogP contribution in [0.4, 0.5) is 11.8 Å². The molecule has 19 heavy (non-hydrogen) atoms. The van der Waals surface area contributed by atoms with Crippen LogP contribution in [-0.4, -0.2) is 9.97 Å². The molecule has 0 aliphatic carbocycles. The zero-order valence-corrected chi connectivity index (χ0v) is 13.3. The Kier molecular flexibility index (Phi) is 3.42. The van der Waals surface area contributed by atoms with Crippen LogP contribution in [0.25, 0.3) is 10.2 Å². The van der Waals surface area contributed by atoms with Gasteiger partial charge in [0, 0.05) is 9.75 Å². The zero-order valence-electron chi connectivity index (χ0n) is 10.1. The number of fused-ring (bicyclic) bond motifs is 1. The van der Waals surface area contributed by atoms with Crippen molar-refractivity contribution in [3.05, 3.63) is 31.7 Å². The number of halogens is 1. The fraction of sp³-hybridized carbons (Fsp3) is 0.167. The van der Waals surface area contributed by atoms with Gasteiger partial charge in [-0.3, -0.25) is 0 Å². The van der Waals surface area contributed by atoms with Gasteiger partial charge in [-0.15, -0.1) is 22.7 Å². The Morgan fingerprint density at radius 1 is 1.32 bits per heavy atom. The average Bonchev–Trinajstić information content (AvgIpc) is 2.91. The highest BCUT2D eigenvalue weighted by molar-refractivity contribution is 9.11. The van der Waals surface area contributed by atoms with Crippen LogP contribution in [0, 0.1) is 6.92 Å². The molecule has 0 fully saturated rings. The molecular weight excluding hydrogens is 344 g/mol. The second kappa shape index (κ2) is 5.07. The number of aryl methyl sites for hydroxylation is 1. The number of thiophene rings is 2. The SMILES string of the molecule is Cc1cc2c(NCc3ccc(Br)s3)nc(N)nc2s1. The van der Waals surface area contributed by atoms with E-state index in [-0.39, 0.29) is 0 Å². The quantitative estimate of drug-likeness (QED) is 0.745. The van der Waals surface area contributed by atoms with E-state index in [1.54, 1.807) is 22.7 Å². The normalized spacial score (nSPS) is 11.1. The fourth-order valence-corrected chi connectivity index (χ4v) is 4.12. The van der Waals surface area contributed by atoms with Crippen LogP contribution in [0.1, 0.15) is 9.75 Å². The molecule has 0 bridgehead atoms. The van der Waals surface area contributed by atoms with Crippen LogP contribution >= 0.6 is 38.6 Å². The van der Waals surface area contributed by atoms with E-state index in [0.29, 0.717) is 5.95 Å². The minimum atomic E-state index is 0.309. The van der Waals surface area contributed by atoms with Gasteiger partial charge in [0.15, 0.2) is 0 Å². The van der Waals surface area contributed by atoms with E-state index in [2.05, 4.69) is 50.3 Å². The van der Waals surface area contributed by atoms with Gasteiger partial charge in [-0.2, -0.15) is 4.98 Å². The lowest BCUT2D eigenvalue weighted by atomic mass is 10.3. The van der Waals surface area contributed by atoms with Crippen molar-refractivity contribution >= 4 is 60.6 Å². The van der Waals surface area contributed by atoms with E-state index in [9.17, 15) is 0 Å². The summed E-state index contributed by atoms with van der Waals surface area (Å²) in [5.41, 5.74) is 5.75. The van der Waals surface area contributed by atoms with Gasteiger partial charge in [-0.05, 0) is 41.1 Å². The average molecular weight is 355 g/mol. The van der Waals surface area contributed by atoms with Gasteiger partial charge in [-0.25, -0.2) is 4.98 Å². The van der Waals surface area contributed by atoms with Gasteiger partial charge in [0.05, 0.1) is 15.7 Å². The van der Waals surface area contributed by atoms with E-state index < -0.39 is 0 Å². The summed E-state index contributed by atoms with van der Waals surface area (Å²) in [6.45, 7) is 2.79. The number of nitrogen functional groups attached to an aromatic ring is 1. The minimum Gasteiger partial charge on any atom is -0.368 e. The van der Waals surface area contributed by atoms with Crippen LogP contribution in [-0.2, 0) is 6.54 Å². The largest absolute Gasteiger partial charge is 0.368 e. The summed E-state index contributed by atoms with van der Waals surface area (Å²) in [5, 5.41) is 4.37. The second-order valence-corrected chi connectivity index (χ2v) is 7.85. The van der Waals surface area contributed by atoms with E-state index in [4.69, 9.17) is 5.73 Å². The molecule has 0 saturated carbocycles. The van der Waals surface area contributed by atoms with E-state index >= 15 is 0 Å². The highest BCUT2D eigenvalue weighted by atomic mass is 79.9. The van der Waals surface area contributed by atoms with E-state index in [1.807, 2.05) is 6.07 Å². The molecule has 0 aromatic carbocycles. The summed E-state index contributed by atoms with van der Waals surface area (Å²) >= 11 is 6.79. The van der Waals surface area contributed by atoms with Crippen molar-refractivity contribution < 1.29 is 0 Å². The molecule has 0 unspecified atom stereocenters. The van der Waals surface area contributed by atoms with E-state index in [1.165, 1.54) is 9.75 Å². The Morgan fingerprint density at radius 3 is 2.89 bits per heavy atom. The number of nitrogens with zero attached hydrogens (tertiary/aromatic N) is 2. The number of hydrogen-bond acceptors (Lipinski definition) is 6. The van der Waals surface area contributed by atoms with Gasteiger partial charge in [-0.1, -0.05) is 0 Å². The Morgan fingerprint density at radius 2 is 2.16 bits per heavy atom. The van der Waals surface area contributed by atoms with Crippen molar-refractivity contribution in [2.75, 3.05) is 11.1 Å². The molecule has 7 heteroatoms. The summed E-state index contributed by atoms with van der Waals surface area (Å²) in [4.78, 5) is 11.9. The Labute approximate surface area is 126 Å². The Balaban J connectivity index is 1.91. The molecular formula is C12H11BrN4S2. The zero-order chi connectivity index (χ0) is 13.4. The molecule has 3 aromatic rings. The van der Waals surface area contributed by atoms with Gasteiger partial charge < -0.3 is 11.1 Å². The van der Waals surface area contributed by atoms with Crippen molar-refractivity contribution in [2.45, 2.75) is 13.5 Å². The first-order valence-electron chi connectivity index (χ1n) is 5.63. The number of aromatic nitrogens is 2. The highest BCUT2D eigenvalue weighted by Gasteiger charge is 2.09. The smallest absolute Gasteiger partial charge is 0.223 e. The maximum atomic E-state index is 5.75. The van der Waals surface area contributed by atoms with Gasteiger partial charge >= 0.3 is 0 Å². The third-order valence-corrected chi connectivity index (χ3v) is 5.16. The maximum Gasteiger partial charge on any atom is 0.223 e. The number of anilines is 2. The van der Waals surface area contributed by atoms with Crippen LogP contribution in [0.3, 0.4) is 0 Å². The minimum absolute atomic E-state index is 0.309. The summed E-state index contributed by atoms with van der Waals surface area (Å²) in [7, 11) is 0. The van der Waals surface area contributed by atoms with Gasteiger partial charge in [0.1, 0.15) is 10.6 Å². The summed E-state index contributed by atoms with van der Waals surface area (Å²) in [6.07, 6.45) is 0. The molecule has 0 spiro atoms. The molecule has 3 rings (SSSR count).